The highest BCUT2D eigenvalue weighted by atomic mass is 32.2. The van der Waals surface area contributed by atoms with Gasteiger partial charge in [0.25, 0.3) is 0 Å². The number of aliphatic hydroxyl groups is 1. The van der Waals surface area contributed by atoms with E-state index in [0.29, 0.717) is 37.4 Å². The summed E-state index contributed by atoms with van der Waals surface area (Å²) in [4.78, 5) is 34.1. The second-order valence-corrected chi connectivity index (χ2v) is 16.3. The van der Waals surface area contributed by atoms with Crippen LogP contribution in [0.1, 0.15) is 80.2 Å². The van der Waals surface area contributed by atoms with Crippen LogP contribution in [0, 0.1) is 10.8 Å². The Hall–Kier alpha value is -1.50. The SMILES string of the molecule is CC(C)(COC(C)(C)CCOC(C)(C)CCO)CC(C)(C)CSCC(=O)NC(COP(=O)(O)OCc1ccccc1)C(=O)O. The number of carbonyl (C=O) groups is 2. The van der Waals surface area contributed by atoms with Crippen LogP contribution in [-0.2, 0) is 39.3 Å². The molecule has 1 rings (SSSR count). The molecule has 0 aliphatic rings. The number of phosphoric ester groups is 1. The van der Waals surface area contributed by atoms with Gasteiger partial charge in [0, 0.05) is 6.61 Å². The molecular formula is C31H54NO10PS. The van der Waals surface area contributed by atoms with Gasteiger partial charge in [-0.25, -0.2) is 9.36 Å². The number of carboxylic acid groups (broad SMARTS) is 1. The fraction of sp³-hybridized carbons (Fsp3) is 0.742. The quantitative estimate of drug-likeness (QED) is 0.111. The lowest BCUT2D eigenvalue weighted by molar-refractivity contribution is -0.142. The highest BCUT2D eigenvalue weighted by Crippen LogP contribution is 2.44. The summed E-state index contributed by atoms with van der Waals surface area (Å²) in [6, 6.07) is 7.18. The predicted molar refractivity (Wildman–Crippen MR) is 172 cm³/mol. The zero-order valence-corrected chi connectivity index (χ0v) is 29.3. The van der Waals surface area contributed by atoms with E-state index in [1.165, 1.54) is 11.8 Å². The van der Waals surface area contributed by atoms with Gasteiger partial charge < -0.3 is 29.9 Å². The van der Waals surface area contributed by atoms with Crippen LogP contribution in [0.5, 0.6) is 0 Å². The van der Waals surface area contributed by atoms with Crippen molar-refractivity contribution >= 4 is 31.5 Å². The molecule has 0 aliphatic carbocycles. The van der Waals surface area contributed by atoms with Crippen LogP contribution >= 0.6 is 19.6 Å². The van der Waals surface area contributed by atoms with E-state index in [0.717, 1.165) is 6.42 Å². The van der Waals surface area contributed by atoms with Crippen LogP contribution in [-0.4, -0.2) is 82.2 Å². The summed E-state index contributed by atoms with van der Waals surface area (Å²) >= 11 is 1.38. The number of nitrogens with one attached hydrogen (secondary N) is 1. The molecule has 44 heavy (non-hydrogen) atoms. The number of carboxylic acids is 1. The molecule has 0 saturated carbocycles. The second kappa shape index (κ2) is 18.0. The summed E-state index contributed by atoms with van der Waals surface area (Å²) in [6.07, 6.45) is 2.11. The largest absolute Gasteiger partial charge is 0.480 e. The summed E-state index contributed by atoms with van der Waals surface area (Å²) in [5, 5.41) is 21.0. The Balaban J connectivity index is 2.47. The maximum Gasteiger partial charge on any atom is 0.472 e. The molecule has 0 spiro atoms. The van der Waals surface area contributed by atoms with Gasteiger partial charge >= 0.3 is 13.8 Å². The summed E-state index contributed by atoms with van der Waals surface area (Å²) in [5.41, 5.74) is -0.409. The summed E-state index contributed by atoms with van der Waals surface area (Å²) in [5.74, 6) is -1.25. The number of amides is 1. The van der Waals surface area contributed by atoms with Gasteiger partial charge in [-0.1, -0.05) is 58.0 Å². The Kier molecular flexibility index (Phi) is 16.6. The summed E-state index contributed by atoms with van der Waals surface area (Å²) in [7, 11) is -4.54. The molecule has 0 aliphatic heterocycles. The van der Waals surface area contributed by atoms with Crippen molar-refractivity contribution in [2.75, 3.05) is 37.9 Å². The molecule has 1 amide bonds. The molecule has 4 N–H and O–H groups in total. The minimum atomic E-state index is -4.54. The molecule has 254 valence electrons. The Morgan fingerprint density at radius 2 is 1.55 bits per heavy atom. The highest BCUT2D eigenvalue weighted by Gasteiger charge is 2.32. The molecule has 1 aromatic carbocycles. The van der Waals surface area contributed by atoms with Crippen molar-refractivity contribution < 1.29 is 47.8 Å². The van der Waals surface area contributed by atoms with Crippen molar-refractivity contribution in [1.82, 2.24) is 5.32 Å². The van der Waals surface area contributed by atoms with Gasteiger partial charge in [-0.3, -0.25) is 13.8 Å². The average Bonchev–Trinajstić information content (AvgIpc) is 2.88. The number of aliphatic carboxylic acids is 1. The molecule has 0 radical (unpaired) electrons. The minimum Gasteiger partial charge on any atom is -0.480 e. The molecule has 11 nitrogen and oxygen atoms in total. The number of ether oxygens (including phenoxy) is 2. The highest BCUT2D eigenvalue weighted by molar-refractivity contribution is 7.99. The molecular weight excluding hydrogens is 609 g/mol. The van der Waals surface area contributed by atoms with E-state index in [-0.39, 0.29) is 41.0 Å². The zero-order valence-electron chi connectivity index (χ0n) is 27.6. The van der Waals surface area contributed by atoms with Crippen LogP contribution in [0.4, 0.5) is 0 Å². The monoisotopic (exact) mass is 663 g/mol. The molecule has 13 heteroatoms. The van der Waals surface area contributed by atoms with Crippen molar-refractivity contribution in [3.63, 3.8) is 0 Å². The van der Waals surface area contributed by atoms with Crippen molar-refractivity contribution in [2.45, 2.75) is 98.5 Å². The van der Waals surface area contributed by atoms with Crippen LogP contribution in [0.15, 0.2) is 30.3 Å². The topological polar surface area (TPSA) is 161 Å². The number of hydrogen-bond donors (Lipinski definition) is 4. The number of benzene rings is 1. The molecule has 2 atom stereocenters. The molecule has 2 unspecified atom stereocenters. The van der Waals surface area contributed by atoms with Gasteiger partial charge in [-0.15, -0.1) is 0 Å². The zero-order chi connectivity index (χ0) is 33.7. The molecule has 0 fully saturated rings. The Morgan fingerprint density at radius 1 is 0.932 bits per heavy atom. The Bertz CT molecular complexity index is 1060. The number of hydrogen-bond acceptors (Lipinski definition) is 9. The summed E-state index contributed by atoms with van der Waals surface area (Å²) in [6.45, 7) is 16.8. The molecule has 0 heterocycles. The lowest BCUT2D eigenvalue weighted by atomic mass is 9.76. The molecule has 0 aromatic heterocycles. The van der Waals surface area contributed by atoms with Gasteiger partial charge in [0.05, 0.1) is 43.4 Å². The van der Waals surface area contributed by atoms with Crippen molar-refractivity contribution in [1.29, 1.82) is 0 Å². The van der Waals surface area contributed by atoms with E-state index in [1.807, 2.05) is 27.7 Å². The van der Waals surface area contributed by atoms with E-state index in [9.17, 15) is 29.3 Å². The standard InChI is InChI=1S/C31H54NO10PS/c1-28(2,22-40-31(7,8)15-17-39-30(5,6)14-16-33)21-29(3,4)23-44-20-26(34)32-25(27(35)36)19-42-43(37,38)41-18-24-12-10-9-11-13-24/h9-13,25,33H,14-23H2,1-8H3,(H,32,34)(H,35,36)(H,37,38). The second-order valence-electron chi connectivity index (χ2n) is 13.9. The van der Waals surface area contributed by atoms with Gasteiger partial charge in [0.1, 0.15) is 0 Å². The van der Waals surface area contributed by atoms with E-state index < -0.39 is 32.3 Å². The number of aliphatic hydroxyl groups excluding tert-OH is 1. The number of rotatable bonds is 23. The normalized spacial score (nSPS) is 15.0. The Labute approximate surface area is 267 Å². The first-order valence-electron chi connectivity index (χ1n) is 14.8. The third kappa shape index (κ3) is 18.5. The first kappa shape index (κ1) is 40.5. The first-order chi connectivity index (χ1) is 20.2. The van der Waals surface area contributed by atoms with E-state index in [2.05, 4.69) is 33.0 Å². The lowest BCUT2D eigenvalue weighted by Gasteiger charge is -2.37. The lowest BCUT2D eigenvalue weighted by Crippen LogP contribution is -2.44. The van der Waals surface area contributed by atoms with E-state index in [1.54, 1.807) is 30.3 Å². The van der Waals surface area contributed by atoms with Gasteiger partial charge in [-0.2, -0.15) is 11.8 Å². The van der Waals surface area contributed by atoms with Crippen LogP contribution in [0.25, 0.3) is 0 Å². The van der Waals surface area contributed by atoms with Crippen molar-refractivity contribution in [3.05, 3.63) is 35.9 Å². The number of phosphoric acid groups is 1. The fourth-order valence-corrected chi connectivity index (χ4v) is 6.29. The summed E-state index contributed by atoms with van der Waals surface area (Å²) < 4.78 is 34.2. The van der Waals surface area contributed by atoms with Gasteiger partial charge in [0.15, 0.2) is 6.04 Å². The molecule has 0 bridgehead atoms. The molecule has 1 aromatic rings. The van der Waals surface area contributed by atoms with Gasteiger partial charge in [0.2, 0.25) is 5.91 Å². The van der Waals surface area contributed by atoms with E-state index in [4.69, 9.17) is 18.5 Å². The minimum absolute atomic E-state index is 0.0189. The number of thioether (sulfide) groups is 1. The fourth-order valence-electron chi connectivity index (χ4n) is 4.54. The third-order valence-corrected chi connectivity index (χ3v) is 9.10. The Morgan fingerprint density at radius 3 is 2.14 bits per heavy atom. The maximum absolute atomic E-state index is 12.5. The van der Waals surface area contributed by atoms with Crippen molar-refractivity contribution in [3.8, 4) is 0 Å². The first-order valence-corrected chi connectivity index (χ1v) is 17.5. The molecule has 0 saturated heterocycles. The maximum atomic E-state index is 12.5. The number of carbonyl (C=O) groups excluding carboxylic acids is 1. The van der Waals surface area contributed by atoms with E-state index >= 15 is 0 Å². The van der Waals surface area contributed by atoms with Crippen LogP contribution in [0.3, 0.4) is 0 Å². The van der Waals surface area contributed by atoms with Crippen LogP contribution in [0.2, 0.25) is 0 Å². The average molecular weight is 664 g/mol. The predicted octanol–water partition coefficient (Wildman–Crippen LogP) is 5.43. The smallest absolute Gasteiger partial charge is 0.472 e. The third-order valence-electron chi connectivity index (χ3n) is 6.72. The van der Waals surface area contributed by atoms with Gasteiger partial charge in [-0.05, 0) is 69.1 Å². The van der Waals surface area contributed by atoms with Crippen LogP contribution < -0.4 is 5.32 Å². The van der Waals surface area contributed by atoms with Crippen molar-refractivity contribution in [2.24, 2.45) is 10.8 Å².